The molecule has 2 amide bonds. The number of hydroxylamine groups is 2. The SMILES string of the molecule is CC1(C)C(NC(=O)C(=NOC(COc2ccc(C(N)=NCCNc3ncccn3)cc2)C(=O)O)c2csc(N)n2)C(=O)N1OS(=O)(=O)O. The maximum Gasteiger partial charge on any atom is 0.418 e. The third kappa shape index (κ3) is 9.09. The number of hydrogen-bond donors (Lipinski definition) is 6. The summed E-state index contributed by atoms with van der Waals surface area (Å²) in [6.45, 7) is 2.96. The van der Waals surface area contributed by atoms with Gasteiger partial charge >= 0.3 is 16.4 Å². The number of nitrogens with zero attached hydrogens (tertiary/aromatic N) is 6. The Balaban J connectivity index is 1.38. The standard InChI is InChI=1S/C26H30N10O10S2/c1-26(2)19(22(38)36(26)46-48(41,42)43)34-21(37)18(16-13-47-24(28)33-16)35-45-17(23(39)40)12-44-15-6-4-14(5-7-15)20(27)29-10-11-32-25-30-8-3-9-31-25/h3-9,13,17,19H,10-12H2,1-2H3,(H2,27,29)(H2,28,33)(H,34,37)(H,39,40)(H,30,31,32)(H,41,42,43). The Morgan fingerprint density at radius 3 is 2.48 bits per heavy atom. The lowest BCUT2D eigenvalue weighted by Crippen LogP contribution is -2.76. The number of β-lactam (4-membered cyclic amide) rings is 1. The second kappa shape index (κ2) is 15.0. The van der Waals surface area contributed by atoms with Crippen LogP contribution in [0.15, 0.2) is 58.3 Å². The van der Waals surface area contributed by atoms with E-state index in [1.165, 1.54) is 19.2 Å². The summed E-state index contributed by atoms with van der Waals surface area (Å²) < 4.78 is 40.9. The van der Waals surface area contributed by atoms with Crippen LogP contribution in [0.5, 0.6) is 5.75 Å². The van der Waals surface area contributed by atoms with Gasteiger partial charge in [0.05, 0.1) is 12.1 Å². The number of thiazole rings is 1. The fourth-order valence-electron chi connectivity index (χ4n) is 4.00. The number of ether oxygens (including phenoxy) is 1. The number of aromatic nitrogens is 3. The molecule has 0 saturated carbocycles. The lowest BCUT2D eigenvalue weighted by atomic mass is 9.84. The maximum atomic E-state index is 13.2. The van der Waals surface area contributed by atoms with Crippen LogP contribution in [-0.4, -0.2) is 105 Å². The molecule has 8 N–H and O–H groups in total. The van der Waals surface area contributed by atoms with Crippen molar-refractivity contribution in [2.45, 2.75) is 31.5 Å². The topological polar surface area (TPSA) is 296 Å². The third-order valence-electron chi connectivity index (χ3n) is 6.44. The number of anilines is 2. The Kier molecular flexibility index (Phi) is 11.0. The largest absolute Gasteiger partial charge is 0.489 e. The predicted octanol–water partition coefficient (Wildman–Crippen LogP) is -0.574. The van der Waals surface area contributed by atoms with Gasteiger partial charge in [-0.05, 0) is 44.2 Å². The summed E-state index contributed by atoms with van der Waals surface area (Å²) in [5.74, 6) is -2.53. The zero-order chi connectivity index (χ0) is 35.1. The molecule has 0 spiro atoms. The number of nitrogens with one attached hydrogen (secondary N) is 2. The van der Waals surface area contributed by atoms with Crippen LogP contribution < -0.4 is 26.8 Å². The summed E-state index contributed by atoms with van der Waals surface area (Å²) in [6, 6.07) is 6.69. The van der Waals surface area contributed by atoms with E-state index in [0.29, 0.717) is 29.7 Å². The van der Waals surface area contributed by atoms with E-state index in [0.717, 1.165) is 11.3 Å². The van der Waals surface area contributed by atoms with Crippen LogP contribution in [0.25, 0.3) is 0 Å². The zero-order valence-corrected chi connectivity index (χ0v) is 26.8. The number of carbonyl (C=O) groups excluding carboxylic acids is 2. The van der Waals surface area contributed by atoms with E-state index in [1.54, 1.807) is 42.7 Å². The van der Waals surface area contributed by atoms with E-state index in [9.17, 15) is 27.9 Å². The number of amides is 2. The first-order chi connectivity index (χ1) is 22.7. The number of nitrogen functional groups attached to an aromatic ring is 1. The molecule has 1 aliphatic rings. The summed E-state index contributed by atoms with van der Waals surface area (Å²) in [4.78, 5) is 59.1. The second-order valence-corrected chi connectivity index (χ2v) is 12.1. The molecule has 0 aliphatic carbocycles. The van der Waals surface area contributed by atoms with Gasteiger partial charge in [0.25, 0.3) is 17.9 Å². The first kappa shape index (κ1) is 35.4. The van der Waals surface area contributed by atoms with E-state index in [1.807, 2.05) is 0 Å². The number of rotatable bonds is 16. The number of oxime groups is 1. The third-order valence-corrected chi connectivity index (χ3v) is 7.45. The number of carboxylic acid groups (broad SMARTS) is 1. The molecule has 20 nitrogen and oxygen atoms in total. The molecule has 1 aromatic carbocycles. The van der Waals surface area contributed by atoms with Crippen LogP contribution in [0.2, 0.25) is 0 Å². The number of amidine groups is 1. The molecular formula is C26H30N10O10S2. The Labute approximate surface area is 276 Å². The smallest absolute Gasteiger partial charge is 0.418 e. The van der Waals surface area contributed by atoms with E-state index >= 15 is 0 Å². The van der Waals surface area contributed by atoms with E-state index in [4.69, 9.17) is 25.6 Å². The minimum atomic E-state index is -5.03. The average Bonchev–Trinajstić information content (AvgIpc) is 3.47. The van der Waals surface area contributed by atoms with Gasteiger partial charge in [0.15, 0.2) is 10.8 Å². The Morgan fingerprint density at radius 2 is 1.90 bits per heavy atom. The fourth-order valence-corrected chi connectivity index (χ4v) is 5.00. The molecule has 3 aromatic rings. The van der Waals surface area contributed by atoms with Crippen molar-refractivity contribution in [3.8, 4) is 5.75 Å². The molecule has 22 heteroatoms. The van der Waals surface area contributed by atoms with Crippen molar-refractivity contribution in [3.63, 3.8) is 0 Å². The van der Waals surface area contributed by atoms with Gasteiger partial charge < -0.3 is 36.8 Å². The van der Waals surface area contributed by atoms with Gasteiger partial charge in [-0.15, -0.1) is 15.6 Å². The molecule has 2 unspecified atom stereocenters. The van der Waals surface area contributed by atoms with Gasteiger partial charge in [-0.3, -0.25) is 19.1 Å². The lowest BCUT2D eigenvalue weighted by molar-refractivity contribution is -0.218. The number of aliphatic imine (C=N–C) groups is 1. The van der Waals surface area contributed by atoms with Crippen LogP contribution in [0, 0.1) is 0 Å². The molecule has 1 saturated heterocycles. The average molecular weight is 707 g/mol. The summed E-state index contributed by atoms with van der Waals surface area (Å²) in [5, 5.41) is 20.5. The molecule has 4 rings (SSSR count). The first-order valence-electron chi connectivity index (χ1n) is 13.7. The predicted molar refractivity (Wildman–Crippen MR) is 169 cm³/mol. The number of carbonyl (C=O) groups is 3. The van der Waals surface area contributed by atoms with Gasteiger partial charge in [-0.25, -0.2) is 19.7 Å². The Morgan fingerprint density at radius 1 is 1.21 bits per heavy atom. The van der Waals surface area contributed by atoms with Crippen molar-refractivity contribution in [1.29, 1.82) is 0 Å². The minimum Gasteiger partial charge on any atom is -0.489 e. The summed E-state index contributed by atoms with van der Waals surface area (Å²) in [5.41, 5.74) is 10.2. The highest BCUT2D eigenvalue weighted by atomic mass is 32.3. The molecule has 48 heavy (non-hydrogen) atoms. The normalized spacial score (nSPS) is 16.9. The summed E-state index contributed by atoms with van der Waals surface area (Å²) in [6.07, 6.45) is 1.50. The van der Waals surface area contributed by atoms with Gasteiger partial charge in [0, 0.05) is 29.9 Å². The molecule has 2 aromatic heterocycles. The number of hydrogen-bond acceptors (Lipinski definition) is 16. The lowest BCUT2D eigenvalue weighted by Gasteiger charge is -2.50. The van der Waals surface area contributed by atoms with Crippen molar-refractivity contribution in [3.05, 3.63) is 59.4 Å². The van der Waals surface area contributed by atoms with E-state index < -0.39 is 58.2 Å². The molecule has 2 atom stereocenters. The molecular weight excluding hydrogens is 676 g/mol. The highest BCUT2D eigenvalue weighted by molar-refractivity contribution is 7.80. The quantitative estimate of drug-likeness (QED) is 0.0271. The van der Waals surface area contributed by atoms with Crippen molar-refractivity contribution < 1.29 is 46.3 Å². The van der Waals surface area contributed by atoms with Crippen molar-refractivity contribution in [2.24, 2.45) is 15.9 Å². The Bertz CT molecular complexity index is 1800. The second-order valence-electron chi connectivity index (χ2n) is 10.2. The number of benzene rings is 1. The van der Waals surface area contributed by atoms with Gasteiger partial charge in [-0.1, -0.05) is 5.16 Å². The molecule has 0 radical (unpaired) electrons. The Hall–Kier alpha value is -5.45. The minimum absolute atomic E-state index is 0.0453. The molecule has 1 fully saturated rings. The number of nitrogens with two attached hydrogens (primary N) is 2. The molecule has 3 heterocycles. The maximum absolute atomic E-state index is 13.2. The van der Waals surface area contributed by atoms with Crippen LogP contribution in [0.4, 0.5) is 11.1 Å². The number of aliphatic carboxylic acids is 1. The van der Waals surface area contributed by atoms with Crippen molar-refractivity contribution in [2.75, 3.05) is 30.7 Å². The van der Waals surface area contributed by atoms with Crippen molar-refractivity contribution in [1.82, 2.24) is 25.3 Å². The summed E-state index contributed by atoms with van der Waals surface area (Å²) in [7, 11) is -5.03. The van der Waals surface area contributed by atoms with Crippen LogP contribution in [0.3, 0.4) is 0 Å². The molecule has 1 aliphatic heterocycles. The number of carboxylic acids is 1. The molecule has 0 bridgehead atoms. The summed E-state index contributed by atoms with van der Waals surface area (Å²) >= 11 is 0.946. The highest BCUT2D eigenvalue weighted by Gasteiger charge is 2.58. The van der Waals surface area contributed by atoms with E-state index in [-0.39, 0.29) is 22.4 Å². The molecule has 256 valence electrons. The highest BCUT2D eigenvalue weighted by Crippen LogP contribution is 2.33. The van der Waals surface area contributed by atoms with Crippen LogP contribution >= 0.6 is 11.3 Å². The monoisotopic (exact) mass is 706 g/mol. The fraction of sp³-hybridized carbons (Fsp3) is 0.308. The van der Waals surface area contributed by atoms with Gasteiger partial charge in [0.2, 0.25) is 5.95 Å². The van der Waals surface area contributed by atoms with Crippen LogP contribution in [0.1, 0.15) is 25.1 Å². The van der Waals surface area contributed by atoms with Gasteiger partial charge in [-0.2, -0.15) is 13.5 Å². The van der Waals surface area contributed by atoms with E-state index in [2.05, 4.69) is 40.0 Å². The van der Waals surface area contributed by atoms with Crippen molar-refractivity contribution >= 4 is 62.1 Å². The van der Waals surface area contributed by atoms with Crippen LogP contribution in [-0.2, 0) is 33.9 Å². The zero-order valence-electron chi connectivity index (χ0n) is 25.2. The van der Waals surface area contributed by atoms with Gasteiger partial charge in [0.1, 0.15) is 29.9 Å². The first-order valence-corrected chi connectivity index (χ1v) is 15.9.